The minimum atomic E-state index is -0.549. The van der Waals surface area contributed by atoms with E-state index in [1.54, 1.807) is 0 Å². The predicted octanol–water partition coefficient (Wildman–Crippen LogP) is 1.17. The molecule has 0 radical (unpaired) electrons. The summed E-state index contributed by atoms with van der Waals surface area (Å²) < 4.78 is 1.42. The summed E-state index contributed by atoms with van der Waals surface area (Å²) in [6, 6.07) is 1.09. The van der Waals surface area contributed by atoms with Crippen molar-refractivity contribution in [1.82, 2.24) is 20.0 Å². The standard InChI is InChI=1S/C14H21N5O3/c1-3-18-8-12(19(21)22)13(16-18)14(20)15-9-6-10-4-5-11(7-9)17(10)2/h8-11H,3-7H2,1-2H3,(H,15,20). The van der Waals surface area contributed by atoms with Gasteiger partial charge in [-0.3, -0.25) is 19.6 Å². The van der Waals surface area contributed by atoms with Gasteiger partial charge >= 0.3 is 5.69 Å². The van der Waals surface area contributed by atoms with Crippen LogP contribution in [0.3, 0.4) is 0 Å². The minimum absolute atomic E-state index is 0.0765. The first-order valence-electron chi connectivity index (χ1n) is 7.74. The molecule has 3 rings (SSSR count). The molecule has 1 amide bonds. The van der Waals surface area contributed by atoms with Crippen LogP contribution in [0.5, 0.6) is 0 Å². The lowest BCUT2D eigenvalue weighted by molar-refractivity contribution is -0.385. The van der Waals surface area contributed by atoms with Crippen molar-refractivity contribution in [3.05, 3.63) is 22.0 Å². The van der Waals surface area contributed by atoms with E-state index in [4.69, 9.17) is 0 Å². The average molecular weight is 307 g/mol. The van der Waals surface area contributed by atoms with Gasteiger partial charge in [0.2, 0.25) is 5.69 Å². The maximum Gasteiger partial charge on any atom is 0.320 e. The Bertz CT molecular complexity index is 585. The van der Waals surface area contributed by atoms with E-state index in [1.807, 2.05) is 6.92 Å². The van der Waals surface area contributed by atoms with Gasteiger partial charge in [-0.2, -0.15) is 5.10 Å². The van der Waals surface area contributed by atoms with Crippen LogP contribution in [0.15, 0.2) is 6.20 Å². The molecule has 8 nitrogen and oxygen atoms in total. The number of fused-ring (bicyclic) bond motifs is 2. The maximum atomic E-state index is 12.4. The number of aromatic nitrogens is 2. The molecule has 1 aromatic heterocycles. The first-order valence-corrected chi connectivity index (χ1v) is 7.74. The molecule has 2 saturated heterocycles. The lowest BCUT2D eigenvalue weighted by Crippen LogP contribution is -2.48. The van der Waals surface area contributed by atoms with E-state index < -0.39 is 10.8 Å². The van der Waals surface area contributed by atoms with Gasteiger partial charge in [0.15, 0.2) is 0 Å². The highest BCUT2D eigenvalue weighted by atomic mass is 16.6. The molecule has 2 fully saturated rings. The largest absolute Gasteiger partial charge is 0.348 e. The fraction of sp³-hybridized carbons (Fsp3) is 0.714. The summed E-state index contributed by atoms with van der Waals surface area (Å²) in [5, 5.41) is 18.1. The van der Waals surface area contributed by atoms with Crippen LogP contribution in [-0.2, 0) is 6.54 Å². The van der Waals surface area contributed by atoms with Gasteiger partial charge in [0.1, 0.15) is 6.20 Å². The molecular weight excluding hydrogens is 286 g/mol. The Balaban J connectivity index is 1.72. The number of carbonyl (C=O) groups excluding carboxylic acids is 1. The molecule has 22 heavy (non-hydrogen) atoms. The molecule has 0 saturated carbocycles. The van der Waals surface area contributed by atoms with E-state index in [0.717, 1.165) is 25.7 Å². The molecule has 1 aromatic rings. The molecule has 8 heteroatoms. The van der Waals surface area contributed by atoms with E-state index in [0.29, 0.717) is 18.6 Å². The zero-order valence-corrected chi connectivity index (χ0v) is 12.9. The summed E-state index contributed by atoms with van der Waals surface area (Å²) >= 11 is 0. The van der Waals surface area contributed by atoms with E-state index >= 15 is 0 Å². The lowest BCUT2D eigenvalue weighted by Gasteiger charge is -2.36. The zero-order valence-electron chi connectivity index (χ0n) is 12.9. The Labute approximate surface area is 128 Å². The Hall–Kier alpha value is -1.96. The molecular formula is C14H21N5O3. The molecule has 3 heterocycles. The van der Waals surface area contributed by atoms with Crippen molar-refractivity contribution in [1.29, 1.82) is 0 Å². The molecule has 2 aliphatic rings. The minimum Gasteiger partial charge on any atom is -0.348 e. The van der Waals surface area contributed by atoms with E-state index in [-0.39, 0.29) is 17.4 Å². The summed E-state index contributed by atoms with van der Waals surface area (Å²) in [4.78, 5) is 25.3. The number of hydrogen-bond donors (Lipinski definition) is 1. The normalized spacial score (nSPS) is 27.8. The highest BCUT2D eigenvalue weighted by Crippen LogP contribution is 2.34. The van der Waals surface area contributed by atoms with Gasteiger partial charge in [-0.1, -0.05) is 0 Å². The molecule has 2 bridgehead atoms. The lowest BCUT2D eigenvalue weighted by atomic mass is 9.98. The number of piperidine rings is 1. The Morgan fingerprint density at radius 1 is 1.45 bits per heavy atom. The van der Waals surface area contributed by atoms with E-state index in [9.17, 15) is 14.9 Å². The van der Waals surface area contributed by atoms with Crippen LogP contribution in [0.4, 0.5) is 5.69 Å². The highest BCUT2D eigenvalue weighted by Gasteiger charge is 2.39. The zero-order chi connectivity index (χ0) is 15.9. The summed E-state index contributed by atoms with van der Waals surface area (Å²) in [5.41, 5.74) is -0.312. The summed E-state index contributed by atoms with van der Waals surface area (Å²) in [6.07, 6.45) is 5.45. The van der Waals surface area contributed by atoms with Crippen LogP contribution in [-0.4, -0.2) is 50.7 Å². The molecule has 2 aliphatic heterocycles. The van der Waals surface area contributed by atoms with Crippen molar-refractivity contribution >= 4 is 11.6 Å². The van der Waals surface area contributed by atoms with E-state index in [2.05, 4.69) is 22.4 Å². The molecule has 0 aliphatic carbocycles. The third-order valence-electron chi connectivity index (χ3n) is 4.91. The van der Waals surface area contributed by atoms with Gasteiger partial charge in [-0.15, -0.1) is 0 Å². The van der Waals surface area contributed by atoms with Crippen LogP contribution in [0.2, 0.25) is 0 Å². The predicted molar refractivity (Wildman–Crippen MR) is 79.6 cm³/mol. The number of nitrogens with zero attached hydrogens (tertiary/aromatic N) is 4. The number of nitrogens with one attached hydrogen (secondary N) is 1. The van der Waals surface area contributed by atoms with Gasteiger partial charge < -0.3 is 10.2 Å². The van der Waals surface area contributed by atoms with Gasteiger partial charge in [0.25, 0.3) is 5.91 Å². The smallest absolute Gasteiger partial charge is 0.320 e. The maximum absolute atomic E-state index is 12.4. The van der Waals surface area contributed by atoms with Gasteiger partial charge in [0.05, 0.1) is 4.92 Å². The summed E-state index contributed by atoms with van der Waals surface area (Å²) in [5.74, 6) is -0.437. The topological polar surface area (TPSA) is 93.3 Å². The van der Waals surface area contributed by atoms with Gasteiger partial charge in [0, 0.05) is 24.7 Å². The van der Waals surface area contributed by atoms with Crippen LogP contribution in [0.1, 0.15) is 43.1 Å². The second-order valence-corrected chi connectivity index (χ2v) is 6.17. The molecule has 1 N–H and O–H groups in total. The number of rotatable bonds is 4. The number of nitro groups is 1. The Morgan fingerprint density at radius 2 is 2.09 bits per heavy atom. The molecule has 0 spiro atoms. The second-order valence-electron chi connectivity index (χ2n) is 6.17. The van der Waals surface area contributed by atoms with Crippen molar-refractivity contribution in [2.45, 2.75) is 57.3 Å². The first-order chi connectivity index (χ1) is 10.5. The van der Waals surface area contributed by atoms with Crippen molar-refractivity contribution in [2.24, 2.45) is 0 Å². The quantitative estimate of drug-likeness (QED) is 0.665. The van der Waals surface area contributed by atoms with Crippen molar-refractivity contribution in [3.63, 3.8) is 0 Å². The monoisotopic (exact) mass is 307 g/mol. The average Bonchev–Trinajstić information content (AvgIpc) is 2.99. The fourth-order valence-corrected chi connectivity index (χ4v) is 3.65. The number of aryl methyl sites for hydroxylation is 1. The van der Waals surface area contributed by atoms with E-state index in [1.165, 1.54) is 10.9 Å². The van der Waals surface area contributed by atoms with Gasteiger partial charge in [-0.05, 0) is 39.7 Å². The summed E-state index contributed by atoms with van der Waals surface area (Å²) in [7, 11) is 2.13. The van der Waals surface area contributed by atoms with Crippen LogP contribution in [0, 0.1) is 10.1 Å². The fourth-order valence-electron chi connectivity index (χ4n) is 3.65. The van der Waals surface area contributed by atoms with Crippen molar-refractivity contribution in [3.8, 4) is 0 Å². The Morgan fingerprint density at radius 3 is 2.64 bits per heavy atom. The molecule has 2 unspecified atom stereocenters. The van der Waals surface area contributed by atoms with Crippen molar-refractivity contribution in [2.75, 3.05) is 7.05 Å². The Kier molecular flexibility index (Phi) is 3.86. The van der Waals surface area contributed by atoms with Crippen LogP contribution < -0.4 is 5.32 Å². The third kappa shape index (κ3) is 2.58. The second kappa shape index (κ2) is 5.68. The van der Waals surface area contributed by atoms with Crippen LogP contribution in [0.25, 0.3) is 0 Å². The third-order valence-corrected chi connectivity index (χ3v) is 4.91. The van der Waals surface area contributed by atoms with Gasteiger partial charge in [-0.25, -0.2) is 0 Å². The highest BCUT2D eigenvalue weighted by molar-refractivity contribution is 5.96. The first kappa shape index (κ1) is 15.0. The van der Waals surface area contributed by atoms with Crippen molar-refractivity contribution < 1.29 is 9.72 Å². The number of amides is 1. The van der Waals surface area contributed by atoms with Crippen LogP contribution >= 0.6 is 0 Å². The summed E-state index contributed by atoms with van der Waals surface area (Å²) in [6.45, 7) is 2.32. The number of carbonyl (C=O) groups is 1. The molecule has 0 aromatic carbocycles. The number of hydrogen-bond acceptors (Lipinski definition) is 5. The molecule has 2 atom stereocenters. The SMILES string of the molecule is CCn1cc([N+](=O)[O-])c(C(=O)NC2CC3CCC(C2)N3C)n1. The molecule has 120 valence electrons.